The minimum absolute atomic E-state index is 0.614. The Labute approximate surface area is 82.0 Å². The first-order chi connectivity index (χ1) is 6.93. The summed E-state index contributed by atoms with van der Waals surface area (Å²) in [6.07, 6.45) is 11.2. The Kier molecular flexibility index (Phi) is 1.65. The van der Waals surface area contributed by atoms with Crippen LogP contribution in [-0.2, 0) is 0 Å². The number of nitrogens with one attached hydrogen (secondary N) is 1. The summed E-state index contributed by atoms with van der Waals surface area (Å²) in [4.78, 5) is 8.43. The first-order valence-corrected chi connectivity index (χ1v) is 4.97. The number of rotatable bonds is 2. The molecule has 2 aromatic heterocycles. The van der Waals surface area contributed by atoms with Crippen LogP contribution in [0.25, 0.3) is 5.52 Å². The maximum absolute atomic E-state index is 4.33. The fourth-order valence-corrected chi connectivity index (χ4v) is 1.71. The molecule has 1 saturated carbocycles. The molecule has 0 atom stereocenters. The molecule has 4 nitrogen and oxygen atoms in total. The first-order valence-electron chi connectivity index (χ1n) is 4.97. The van der Waals surface area contributed by atoms with Crippen LogP contribution in [0.5, 0.6) is 0 Å². The van der Waals surface area contributed by atoms with Crippen molar-refractivity contribution in [3.8, 4) is 0 Å². The molecule has 14 heavy (non-hydrogen) atoms. The highest BCUT2D eigenvalue weighted by Crippen LogP contribution is 2.23. The molecule has 1 aliphatic carbocycles. The quantitative estimate of drug-likeness (QED) is 0.779. The van der Waals surface area contributed by atoms with Gasteiger partial charge in [0.2, 0.25) is 0 Å². The molecule has 0 aliphatic heterocycles. The van der Waals surface area contributed by atoms with E-state index in [0.717, 1.165) is 11.3 Å². The van der Waals surface area contributed by atoms with Gasteiger partial charge in [-0.05, 0) is 19.3 Å². The van der Waals surface area contributed by atoms with Gasteiger partial charge in [-0.25, -0.2) is 9.97 Å². The average Bonchev–Trinajstić information content (AvgIpc) is 2.59. The van der Waals surface area contributed by atoms with Gasteiger partial charge < -0.3 is 9.72 Å². The standard InChI is InChI=1S/C10H12N4/c1-2-8(3-1)13-10-9-6-11-7-14(9)5-4-12-10/h4-8H,1-3H2,(H,12,13). The number of hydrogen-bond donors (Lipinski definition) is 1. The van der Waals surface area contributed by atoms with Gasteiger partial charge in [0.25, 0.3) is 0 Å². The Bertz CT molecular complexity index is 444. The summed E-state index contributed by atoms with van der Waals surface area (Å²) < 4.78 is 1.98. The van der Waals surface area contributed by atoms with Crippen LogP contribution in [0.2, 0.25) is 0 Å². The van der Waals surface area contributed by atoms with Crippen LogP contribution >= 0.6 is 0 Å². The summed E-state index contributed by atoms with van der Waals surface area (Å²) in [5, 5.41) is 3.44. The van der Waals surface area contributed by atoms with Gasteiger partial charge in [-0.2, -0.15) is 0 Å². The Balaban J connectivity index is 1.97. The molecule has 1 N–H and O–H groups in total. The lowest BCUT2D eigenvalue weighted by Crippen LogP contribution is -2.27. The fourth-order valence-electron chi connectivity index (χ4n) is 1.71. The number of fused-ring (bicyclic) bond motifs is 1. The minimum Gasteiger partial charge on any atom is -0.366 e. The van der Waals surface area contributed by atoms with E-state index >= 15 is 0 Å². The van der Waals surface area contributed by atoms with Crippen LogP contribution < -0.4 is 5.32 Å². The molecule has 0 aromatic carbocycles. The van der Waals surface area contributed by atoms with Gasteiger partial charge in [0, 0.05) is 18.4 Å². The molecule has 72 valence electrons. The molecule has 0 amide bonds. The Morgan fingerprint density at radius 3 is 3.14 bits per heavy atom. The first kappa shape index (κ1) is 7.79. The second-order valence-electron chi connectivity index (χ2n) is 3.73. The molecule has 2 heterocycles. The van der Waals surface area contributed by atoms with Crippen molar-refractivity contribution in [3.63, 3.8) is 0 Å². The molecule has 0 unspecified atom stereocenters. The van der Waals surface area contributed by atoms with Crippen molar-refractivity contribution in [2.24, 2.45) is 0 Å². The Morgan fingerprint density at radius 2 is 2.36 bits per heavy atom. The smallest absolute Gasteiger partial charge is 0.152 e. The summed E-state index contributed by atoms with van der Waals surface area (Å²) in [6, 6.07) is 0.614. The third kappa shape index (κ3) is 1.14. The summed E-state index contributed by atoms with van der Waals surface area (Å²) in [5.41, 5.74) is 1.06. The Morgan fingerprint density at radius 1 is 1.43 bits per heavy atom. The minimum atomic E-state index is 0.614. The number of hydrogen-bond acceptors (Lipinski definition) is 3. The monoisotopic (exact) mass is 188 g/mol. The van der Waals surface area contributed by atoms with Crippen LogP contribution in [0.15, 0.2) is 24.9 Å². The predicted molar refractivity (Wildman–Crippen MR) is 54.2 cm³/mol. The largest absolute Gasteiger partial charge is 0.366 e. The predicted octanol–water partition coefficient (Wildman–Crippen LogP) is 1.69. The summed E-state index contributed by atoms with van der Waals surface area (Å²) in [6.45, 7) is 0. The second kappa shape index (κ2) is 2.97. The van der Waals surface area contributed by atoms with Crippen molar-refractivity contribution in [1.82, 2.24) is 14.4 Å². The zero-order valence-electron chi connectivity index (χ0n) is 7.85. The molecule has 4 heteroatoms. The van der Waals surface area contributed by atoms with Crippen molar-refractivity contribution < 1.29 is 0 Å². The van der Waals surface area contributed by atoms with Gasteiger partial charge in [-0.15, -0.1) is 0 Å². The highest BCUT2D eigenvalue weighted by Gasteiger charge is 2.18. The van der Waals surface area contributed by atoms with E-state index < -0.39 is 0 Å². The van der Waals surface area contributed by atoms with Gasteiger partial charge >= 0.3 is 0 Å². The second-order valence-corrected chi connectivity index (χ2v) is 3.73. The Hall–Kier alpha value is -1.58. The summed E-state index contributed by atoms with van der Waals surface area (Å²) in [7, 11) is 0. The van der Waals surface area contributed by atoms with Crippen LogP contribution in [0.4, 0.5) is 5.82 Å². The number of aromatic nitrogens is 3. The van der Waals surface area contributed by atoms with Gasteiger partial charge in [0.05, 0.1) is 12.5 Å². The number of nitrogens with zero attached hydrogens (tertiary/aromatic N) is 3. The maximum atomic E-state index is 4.33. The van der Waals surface area contributed by atoms with Crippen LogP contribution in [0.3, 0.4) is 0 Å². The van der Waals surface area contributed by atoms with E-state index in [9.17, 15) is 0 Å². The van der Waals surface area contributed by atoms with E-state index in [-0.39, 0.29) is 0 Å². The molecule has 3 rings (SSSR count). The van der Waals surface area contributed by atoms with Crippen molar-refractivity contribution in [1.29, 1.82) is 0 Å². The third-order valence-electron chi connectivity index (χ3n) is 2.79. The van der Waals surface area contributed by atoms with Crippen LogP contribution in [0, 0.1) is 0 Å². The number of imidazole rings is 1. The topological polar surface area (TPSA) is 42.2 Å². The molecule has 0 radical (unpaired) electrons. The molecule has 1 aliphatic rings. The molecule has 0 saturated heterocycles. The third-order valence-corrected chi connectivity index (χ3v) is 2.79. The van der Waals surface area contributed by atoms with E-state index in [1.165, 1.54) is 19.3 Å². The lowest BCUT2D eigenvalue weighted by Gasteiger charge is -2.27. The van der Waals surface area contributed by atoms with Gasteiger partial charge in [0.1, 0.15) is 5.52 Å². The van der Waals surface area contributed by atoms with Crippen molar-refractivity contribution in [2.45, 2.75) is 25.3 Å². The molecule has 0 bridgehead atoms. The van der Waals surface area contributed by atoms with Crippen molar-refractivity contribution >= 4 is 11.3 Å². The molecular weight excluding hydrogens is 176 g/mol. The zero-order chi connectivity index (χ0) is 9.38. The summed E-state index contributed by atoms with van der Waals surface area (Å²) in [5.74, 6) is 0.953. The molecular formula is C10H12N4. The highest BCUT2D eigenvalue weighted by atomic mass is 15.1. The average molecular weight is 188 g/mol. The molecule has 2 aromatic rings. The maximum Gasteiger partial charge on any atom is 0.152 e. The SMILES string of the molecule is c1cn2cncc2c(NC2CCC2)n1. The molecule has 0 spiro atoms. The lowest BCUT2D eigenvalue weighted by molar-refractivity contribution is 0.444. The van der Waals surface area contributed by atoms with E-state index in [1.807, 2.05) is 16.8 Å². The van der Waals surface area contributed by atoms with Crippen molar-refractivity contribution in [3.05, 3.63) is 24.9 Å². The number of anilines is 1. The van der Waals surface area contributed by atoms with Gasteiger partial charge in [0.15, 0.2) is 5.82 Å². The fraction of sp³-hybridized carbons (Fsp3) is 0.400. The highest BCUT2D eigenvalue weighted by molar-refractivity contribution is 5.66. The van der Waals surface area contributed by atoms with Crippen LogP contribution in [-0.4, -0.2) is 20.4 Å². The van der Waals surface area contributed by atoms with E-state index in [4.69, 9.17) is 0 Å². The van der Waals surface area contributed by atoms with Crippen LogP contribution in [0.1, 0.15) is 19.3 Å². The van der Waals surface area contributed by atoms with E-state index in [0.29, 0.717) is 6.04 Å². The van der Waals surface area contributed by atoms with E-state index in [1.54, 1.807) is 12.5 Å². The van der Waals surface area contributed by atoms with Gasteiger partial charge in [-0.3, -0.25) is 0 Å². The summed E-state index contributed by atoms with van der Waals surface area (Å²) >= 11 is 0. The normalized spacial score (nSPS) is 16.9. The molecule has 1 fully saturated rings. The van der Waals surface area contributed by atoms with E-state index in [2.05, 4.69) is 15.3 Å². The lowest BCUT2D eigenvalue weighted by atomic mass is 9.93. The zero-order valence-corrected chi connectivity index (χ0v) is 7.85. The van der Waals surface area contributed by atoms with Crippen molar-refractivity contribution in [2.75, 3.05) is 5.32 Å². The van der Waals surface area contributed by atoms with Gasteiger partial charge in [-0.1, -0.05) is 0 Å².